The molecule has 0 N–H and O–H groups in total. The van der Waals surface area contributed by atoms with E-state index in [1.165, 1.54) is 0 Å². The van der Waals surface area contributed by atoms with Gasteiger partial charge in [-0.3, -0.25) is 4.79 Å². The van der Waals surface area contributed by atoms with E-state index in [0.717, 1.165) is 22.4 Å². The predicted octanol–water partition coefficient (Wildman–Crippen LogP) is 4.03. The topological polar surface area (TPSA) is 29.5 Å². The van der Waals surface area contributed by atoms with E-state index < -0.39 is 5.41 Å². The summed E-state index contributed by atoms with van der Waals surface area (Å²) in [5, 5.41) is 0. The Morgan fingerprint density at radius 1 is 0.929 bits per heavy atom. The van der Waals surface area contributed by atoms with Gasteiger partial charge in [0, 0.05) is 12.1 Å². The molecule has 4 rings (SSSR count). The fraction of sp³-hybridized carbons (Fsp3) is 0.160. The molecule has 1 atom stereocenters. The SMILES string of the molecule is COc1ccc(C#C[C@@]2(c3ccccc3)CN(Cc3ccccc3)C2=O)cc1. The maximum Gasteiger partial charge on any atom is 0.247 e. The summed E-state index contributed by atoms with van der Waals surface area (Å²) in [4.78, 5) is 15.1. The number of carbonyl (C=O) groups excluding carboxylic acids is 1. The second-order valence-corrected chi connectivity index (χ2v) is 6.90. The van der Waals surface area contributed by atoms with Crippen molar-refractivity contribution < 1.29 is 9.53 Å². The van der Waals surface area contributed by atoms with Crippen molar-refractivity contribution in [2.24, 2.45) is 0 Å². The standard InChI is InChI=1S/C25H21NO2/c1-28-23-14-12-20(13-15-23)16-17-25(22-10-6-3-7-11-22)19-26(24(25)27)18-21-8-4-2-5-9-21/h2-15H,18-19H2,1H3/t25-/m0/s1. The third kappa shape index (κ3) is 3.37. The molecule has 1 aliphatic heterocycles. The van der Waals surface area contributed by atoms with Gasteiger partial charge in [0.05, 0.1) is 13.7 Å². The molecule has 0 aromatic heterocycles. The van der Waals surface area contributed by atoms with Crippen LogP contribution in [0.1, 0.15) is 16.7 Å². The Morgan fingerprint density at radius 3 is 2.18 bits per heavy atom. The number of ether oxygens (including phenoxy) is 1. The van der Waals surface area contributed by atoms with Crippen molar-refractivity contribution in [1.82, 2.24) is 4.90 Å². The summed E-state index contributed by atoms with van der Waals surface area (Å²) in [5.41, 5.74) is 2.16. The molecule has 1 heterocycles. The quantitative estimate of drug-likeness (QED) is 0.515. The molecule has 138 valence electrons. The van der Waals surface area contributed by atoms with Crippen LogP contribution < -0.4 is 4.74 Å². The van der Waals surface area contributed by atoms with Crippen molar-refractivity contribution >= 4 is 5.91 Å². The lowest BCUT2D eigenvalue weighted by molar-refractivity contribution is -0.148. The van der Waals surface area contributed by atoms with Gasteiger partial charge in [-0.25, -0.2) is 0 Å². The van der Waals surface area contributed by atoms with Crippen LogP contribution in [-0.4, -0.2) is 24.5 Å². The molecule has 1 fully saturated rings. The van der Waals surface area contributed by atoms with Gasteiger partial charge in [0.2, 0.25) is 5.91 Å². The molecule has 3 aromatic rings. The van der Waals surface area contributed by atoms with Gasteiger partial charge in [-0.2, -0.15) is 0 Å². The Labute approximate surface area is 165 Å². The Morgan fingerprint density at radius 2 is 1.57 bits per heavy atom. The van der Waals surface area contributed by atoms with E-state index in [2.05, 4.69) is 11.8 Å². The van der Waals surface area contributed by atoms with Crippen LogP contribution in [0.2, 0.25) is 0 Å². The highest BCUT2D eigenvalue weighted by Gasteiger charge is 2.52. The van der Waals surface area contributed by atoms with E-state index in [4.69, 9.17) is 4.74 Å². The Hall–Kier alpha value is -3.51. The van der Waals surface area contributed by atoms with E-state index in [0.29, 0.717) is 13.1 Å². The average Bonchev–Trinajstić information content (AvgIpc) is 2.77. The normalized spacial score (nSPS) is 18.0. The van der Waals surface area contributed by atoms with E-state index >= 15 is 0 Å². The van der Waals surface area contributed by atoms with Gasteiger partial charge < -0.3 is 9.64 Å². The fourth-order valence-electron chi connectivity index (χ4n) is 3.49. The maximum absolute atomic E-state index is 13.2. The van der Waals surface area contributed by atoms with Gasteiger partial charge in [0.25, 0.3) is 0 Å². The smallest absolute Gasteiger partial charge is 0.247 e. The molecule has 0 bridgehead atoms. The first-order valence-corrected chi connectivity index (χ1v) is 9.27. The van der Waals surface area contributed by atoms with Gasteiger partial charge in [0.15, 0.2) is 5.41 Å². The number of hydrogen-bond donors (Lipinski definition) is 0. The first-order chi connectivity index (χ1) is 13.7. The zero-order valence-electron chi connectivity index (χ0n) is 15.8. The second-order valence-electron chi connectivity index (χ2n) is 6.90. The zero-order valence-corrected chi connectivity index (χ0v) is 15.8. The van der Waals surface area contributed by atoms with Gasteiger partial charge in [-0.1, -0.05) is 72.5 Å². The Kier molecular flexibility index (Phi) is 4.87. The Balaban J connectivity index is 1.62. The van der Waals surface area contributed by atoms with E-state index in [1.54, 1.807) is 7.11 Å². The number of rotatable bonds is 4. The number of benzene rings is 3. The molecule has 28 heavy (non-hydrogen) atoms. The minimum absolute atomic E-state index is 0.0589. The van der Waals surface area contributed by atoms with Crippen LogP contribution in [0, 0.1) is 11.8 Å². The molecular formula is C25H21NO2. The first-order valence-electron chi connectivity index (χ1n) is 9.27. The fourth-order valence-corrected chi connectivity index (χ4v) is 3.49. The number of amides is 1. The van der Waals surface area contributed by atoms with Crippen molar-refractivity contribution in [2.45, 2.75) is 12.0 Å². The summed E-state index contributed by atoms with van der Waals surface area (Å²) < 4.78 is 5.19. The van der Waals surface area contributed by atoms with Crippen LogP contribution in [0.25, 0.3) is 0 Å². The van der Waals surface area contributed by atoms with E-state index in [9.17, 15) is 4.79 Å². The molecule has 3 aromatic carbocycles. The van der Waals surface area contributed by atoms with Crippen molar-refractivity contribution in [3.05, 3.63) is 102 Å². The number of β-lactam (4-membered cyclic amide) rings is 1. The number of nitrogens with zero attached hydrogens (tertiary/aromatic N) is 1. The molecule has 3 nitrogen and oxygen atoms in total. The molecule has 1 aliphatic rings. The zero-order chi connectivity index (χ0) is 19.4. The molecule has 0 spiro atoms. The summed E-state index contributed by atoms with van der Waals surface area (Å²) in [5.74, 6) is 7.33. The number of likely N-dealkylation sites (tertiary alicyclic amines) is 1. The molecular weight excluding hydrogens is 346 g/mol. The molecule has 0 unspecified atom stereocenters. The number of methoxy groups -OCH3 is 1. The lowest BCUT2D eigenvalue weighted by atomic mass is 9.73. The number of hydrogen-bond acceptors (Lipinski definition) is 2. The van der Waals surface area contributed by atoms with Gasteiger partial charge >= 0.3 is 0 Å². The van der Waals surface area contributed by atoms with Crippen molar-refractivity contribution in [3.8, 4) is 17.6 Å². The summed E-state index contributed by atoms with van der Waals surface area (Å²) in [6.45, 7) is 1.20. The maximum atomic E-state index is 13.2. The van der Waals surface area contributed by atoms with Crippen LogP contribution >= 0.6 is 0 Å². The highest BCUT2D eigenvalue weighted by Crippen LogP contribution is 2.36. The summed E-state index contributed by atoms with van der Waals surface area (Å²) in [6, 6.07) is 27.5. The van der Waals surface area contributed by atoms with Gasteiger partial charge in [-0.15, -0.1) is 0 Å². The lowest BCUT2D eigenvalue weighted by Gasteiger charge is -2.46. The summed E-state index contributed by atoms with van der Waals surface area (Å²) in [7, 11) is 1.64. The van der Waals surface area contributed by atoms with Crippen molar-refractivity contribution in [1.29, 1.82) is 0 Å². The van der Waals surface area contributed by atoms with Gasteiger partial charge in [-0.05, 0) is 35.4 Å². The Bertz CT molecular complexity index is 1020. The van der Waals surface area contributed by atoms with Crippen LogP contribution in [-0.2, 0) is 16.8 Å². The largest absolute Gasteiger partial charge is 0.497 e. The van der Waals surface area contributed by atoms with Crippen LogP contribution in [0.3, 0.4) is 0 Å². The summed E-state index contributed by atoms with van der Waals surface area (Å²) in [6.07, 6.45) is 0. The lowest BCUT2D eigenvalue weighted by Crippen LogP contribution is -2.63. The van der Waals surface area contributed by atoms with Crippen LogP contribution in [0.4, 0.5) is 0 Å². The minimum Gasteiger partial charge on any atom is -0.497 e. The molecule has 3 heteroatoms. The predicted molar refractivity (Wildman–Crippen MR) is 110 cm³/mol. The van der Waals surface area contributed by atoms with Crippen LogP contribution in [0.5, 0.6) is 5.75 Å². The van der Waals surface area contributed by atoms with Gasteiger partial charge in [0.1, 0.15) is 5.75 Å². The van der Waals surface area contributed by atoms with Crippen molar-refractivity contribution in [3.63, 3.8) is 0 Å². The number of carbonyl (C=O) groups is 1. The third-order valence-corrected chi connectivity index (χ3v) is 5.07. The molecule has 1 amide bonds. The monoisotopic (exact) mass is 367 g/mol. The van der Waals surface area contributed by atoms with E-state index in [-0.39, 0.29) is 5.91 Å². The van der Waals surface area contributed by atoms with Crippen LogP contribution in [0.15, 0.2) is 84.9 Å². The summed E-state index contributed by atoms with van der Waals surface area (Å²) >= 11 is 0. The highest BCUT2D eigenvalue weighted by molar-refractivity contribution is 5.98. The molecule has 1 saturated heterocycles. The minimum atomic E-state index is -0.782. The van der Waals surface area contributed by atoms with Crippen molar-refractivity contribution in [2.75, 3.05) is 13.7 Å². The molecule has 0 aliphatic carbocycles. The third-order valence-electron chi connectivity index (χ3n) is 5.07. The second kappa shape index (κ2) is 7.62. The first kappa shape index (κ1) is 17.9. The highest BCUT2D eigenvalue weighted by atomic mass is 16.5. The van der Waals surface area contributed by atoms with E-state index in [1.807, 2.05) is 89.8 Å². The average molecular weight is 367 g/mol. The molecule has 0 radical (unpaired) electrons. The molecule has 0 saturated carbocycles.